The number of Topliss-reactive ketones (excluding diaryl/α,β-unsaturated/α-hetero) is 1. The Morgan fingerprint density at radius 3 is 2.67 bits per heavy atom. The van der Waals surface area contributed by atoms with Gasteiger partial charge in [0.25, 0.3) is 0 Å². The minimum absolute atomic E-state index is 0.0980. The number of rotatable bonds is 2. The van der Waals surface area contributed by atoms with Crippen molar-refractivity contribution in [2.45, 2.75) is 18.2 Å². The van der Waals surface area contributed by atoms with Crippen molar-refractivity contribution < 1.29 is 4.79 Å². The quantitative estimate of drug-likeness (QED) is 0.543. The summed E-state index contributed by atoms with van der Waals surface area (Å²) >= 11 is 5.34. The van der Waals surface area contributed by atoms with Crippen molar-refractivity contribution in [3.05, 3.63) is 0 Å². The van der Waals surface area contributed by atoms with Crippen LogP contribution in [0, 0.1) is 17.2 Å². The summed E-state index contributed by atoms with van der Waals surface area (Å²) in [5.74, 6) is 0.00585. The molecule has 0 bridgehead atoms. The first-order valence-corrected chi connectivity index (χ1v) is 3.26. The van der Waals surface area contributed by atoms with E-state index in [1.54, 1.807) is 6.07 Å². The van der Waals surface area contributed by atoms with Gasteiger partial charge in [-0.25, -0.2) is 0 Å². The van der Waals surface area contributed by atoms with Gasteiger partial charge in [0.2, 0.25) is 0 Å². The number of alkyl halides is 1. The summed E-state index contributed by atoms with van der Waals surface area (Å²) in [6.45, 7) is 0. The molecule has 1 aliphatic carbocycles. The van der Waals surface area contributed by atoms with Gasteiger partial charge < -0.3 is 0 Å². The van der Waals surface area contributed by atoms with E-state index in [4.69, 9.17) is 16.9 Å². The Balaban J connectivity index is 2.42. The van der Waals surface area contributed by atoms with E-state index >= 15 is 0 Å². The number of carbonyl (C=O) groups excluding carboxylic acids is 1. The standard InChI is InChI=1S/C6H6ClNO/c7-5(3-8)6(9)4-1-2-4/h4-5H,1-2H2. The molecule has 0 spiro atoms. The van der Waals surface area contributed by atoms with Gasteiger partial charge in [-0.1, -0.05) is 11.6 Å². The van der Waals surface area contributed by atoms with Crippen LogP contribution in [-0.4, -0.2) is 11.2 Å². The van der Waals surface area contributed by atoms with Crippen LogP contribution in [0.3, 0.4) is 0 Å². The molecule has 1 unspecified atom stereocenters. The van der Waals surface area contributed by atoms with Crippen LogP contribution in [0.2, 0.25) is 0 Å². The zero-order valence-electron chi connectivity index (χ0n) is 4.80. The van der Waals surface area contributed by atoms with Gasteiger partial charge in [-0.2, -0.15) is 5.26 Å². The molecule has 0 aromatic rings. The van der Waals surface area contributed by atoms with E-state index in [2.05, 4.69) is 0 Å². The molecule has 9 heavy (non-hydrogen) atoms. The molecule has 0 N–H and O–H groups in total. The SMILES string of the molecule is N#CC(Cl)C(=O)C1CC1. The predicted octanol–water partition coefficient (Wildman–Crippen LogP) is 1.10. The van der Waals surface area contributed by atoms with Crippen LogP contribution in [-0.2, 0) is 4.79 Å². The van der Waals surface area contributed by atoms with Gasteiger partial charge in [0.15, 0.2) is 11.2 Å². The van der Waals surface area contributed by atoms with Crippen LogP contribution in [0.1, 0.15) is 12.8 Å². The van der Waals surface area contributed by atoms with Gasteiger partial charge in [0.05, 0.1) is 6.07 Å². The summed E-state index contributed by atoms with van der Waals surface area (Å²) in [4.78, 5) is 10.8. The number of carbonyl (C=O) groups is 1. The average molecular weight is 144 g/mol. The first-order chi connectivity index (χ1) is 4.25. The molecule has 3 heteroatoms. The fraction of sp³-hybridized carbons (Fsp3) is 0.667. The second-order valence-electron chi connectivity index (χ2n) is 2.17. The van der Waals surface area contributed by atoms with E-state index in [-0.39, 0.29) is 11.7 Å². The monoisotopic (exact) mass is 143 g/mol. The minimum Gasteiger partial charge on any atom is -0.297 e. The highest BCUT2D eigenvalue weighted by Crippen LogP contribution is 2.31. The molecule has 1 atom stereocenters. The Kier molecular flexibility index (Phi) is 1.73. The van der Waals surface area contributed by atoms with E-state index in [0.717, 1.165) is 12.8 Å². The second-order valence-corrected chi connectivity index (χ2v) is 2.60. The molecule has 0 aromatic carbocycles. The molecule has 48 valence electrons. The number of nitriles is 1. The lowest BCUT2D eigenvalue weighted by Crippen LogP contribution is -2.13. The van der Waals surface area contributed by atoms with Gasteiger partial charge in [0.1, 0.15) is 0 Å². The highest BCUT2D eigenvalue weighted by Gasteiger charge is 2.33. The van der Waals surface area contributed by atoms with Crippen LogP contribution in [0.25, 0.3) is 0 Å². The number of hydrogen-bond acceptors (Lipinski definition) is 2. The maximum absolute atomic E-state index is 10.8. The smallest absolute Gasteiger partial charge is 0.178 e. The molecule has 0 saturated heterocycles. The van der Waals surface area contributed by atoms with Gasteiger partial charge in [-0.15, -0.1) is 0 Å². The summed E-state index contributed by atoms with van der Waals surface area (Å²) in [7, 11) is 0. The van der Waals surface area contributed by atoms with E-state index in [1.165, 1.54) is 0 Å². The molecule has 0 heterocycles. The lowest BCUT2D eigenvalue weighted by molar-refractivity contribution is -0.119. The van der Waals surface area contributed by atoms with Gasteiger partial charge in [-0.3, -0.25) is 4.79 Å². The van der Waals surface area contributed by atoms with Gasteiger partial charge in [0, 0.05) is 5.92 Å². The molecule has 0 aromatic heterocycles. The van der Waals surface area contributed by atoms with Crippen molar-refractivity contribution in [3.63, 3.8) is 0 Å². The van der Waals surface area contributed by atoms with Gasteiger partial charge in [-0.05, 0) is 12.8 Å². The van der Waals surface area contributed by atoms with E-state index in [9.17, 15) is 4.79 Å². The Morgan fingerprint density at radius 2 is 2.33 bits per heavy atom. The molecule has 2 nitrogen and oxygen atoms in total. The molecule has 1 rings (SSSR count). The number of hydrogen-bond donors (Lipinski definition) is 0. The van der Waals surface area contributed by atoms with Crippen molar-refractivity contribution in [1.29, 1.82) is 5.26 Å². The molecular weight excluding hydrogens is 138 g/mol. The lowest BCUT2D eigenvalue weighted by Gasteiger charge is -1.93. The average Bonchev–Trinajstić information content (AvgIpc) is 2.66. The summed E-state index contributed by atoms with van der Waals surface area (Å²) in [6, 6.07) is 1.70. The highest BCUT2D eigenvalue weighted by molar-refractivity contribution is 6.33. The molecule has 1 saturated carbocycles. The maximum Gasteiger partial charge on any atom is 0.178 e. The topological polar surface area (TPSA) is 40.9 Å². The zero-order valence-corrected chi connectivity index (χ0v) is 5.56. The Morgan fingerprint density at radius 1 is 1.78 bits per heavy atom. The molecular formula is C6H6ClNO. The third-order valence-electron chi connectivity index (χ3n) is 1.34. The largest absolute Gasteiger partial charge is 0.297 e. The summed E-state index contributed by atoms with van der Waals surface area (Å²) < 4.78 is 0. The van der Waals surface area contributed by atoms with E-state index in [0.29, 0.717) is 0 Å². The Hall–Kier alpha value is -0.550. The van der Waals surface area contributed by atoms with Gasteiger partial charge >= 0.3 is 0 Å². The second kappa shape index (κ2) is 2.36. The zero-order chi connectivity index (χ0) is 6.85. The molecule has 0 aliphatic heterocycles. The first-order valence-electron chi connectivity index (χ1n) is 2.83. The molecule has 0 amide bonds. The van der Waals surface area contributed by atoms with Crippen LogP contribution in [0.15, 0.2) is 0 Å². The van der Waals surface area contributed by atoms with Crippen LogP contribution in [0.5, 0.6) is 0 Å². The predicted molar refractivity (Wildman–Crippen MR) is 33.0 cm³/mol. The summed E-state index contributed by atoms with van der Waals surface area (Å²) in [5, 5.41) is 7.27. The molecule has 0 radical (unpaired) electrons. The minimum atomic E-state index is -0.905. The Bertz CT molecular complexity index is 168. The maximum atomic E-state index is 10.8. The van der Waals surface area contributed by atoms with Crippen LogP contribution < -0.4 is 0 Å². The number of ketones is 1. The lowest BCUT2D eigenvalue weighted by atomic mass is 10.2. The first kappa shape index (κ1) is 6.57. The van der Waals surface area contributed by atoms with E-state index in [1.807, 2.05) is 0 Å². The normalized spacial score (nSPS) is 20.4. The number of nitrogens with zero attached hydrogens (tertiary/aromatic N) is 1. The van der Waals surface area contributed by atoms with E-state index < -0.39 is 5.38 Å². The van der Waals surface area contributed by atoms with Crippen molar-refractivity contribution in [3.8, 4) is 6.07 Å². The molecule has 1 fully saturated rings. The molecule has 1 aliphatic rings. The van der Waals surface area contributed by atoms with Crippen molar-refractivity contribution in [1.82, 2.24) is 0 Å². The van der Waals surface area contributed by atoms with Crippen molar-refractivity contribution in [2.75, 3.05) is 0 Å². The third-order valence-corrected chi connectivity index (χ3v) is 1.66. The third kappa shape index (κ3) is 1.43. The van der Waals surface area contributed by atoms with Crippen molar-refractivity contribution in [2.24, 2.45) is 5.92 Å². The Labute approximate surface area is 58.4 Å². The fourth-order valence-electron chi connectivity index (χ4n) is 0.638. The number of halogens is 1. The summed E-state index contributed by atoms with van der Waals surface area (Å²) in [6.07, 6.45) is 1.84. The van der Waals surface area contributed by atoms with Crippen molar-refractivity contribution >= 4 is 17.4 Å². The fourth-order valence-corrected chi connectivity index (χ4v) is 0.817. The van der Waals surface area contributed by atoms with Crippen LogP contribution >= 0.6 is 11.6 Å². The van der Waals surface area contributed by atoms with Crippen LogP contribution in [0.4, 0.5) is 0 Å². The summed E-state index contributed by atoms with van der Waals surface area (Å²) in [5.41, 5.74) is 0. The highest BCUT2D eigenvalue weighted by atomic mass is 35.5.